The molecule has 0 saturated heterocycles. The molecule has 1 fully saturated rings. The van der Waals surface area contributed by atoms with Gasteiger partial charge in [0, 0.05) is 24.2 Å². The van der Waals surface area contributed by atoms with Gasteiger partial charge in [0.05, 0.1) is 10.5 Å². The Morgan fingerprint density at radius 3 is 2.62 bits per heavy atom. The second kappa shape index (κ2) is 6.99. The molecule has 0 radical (unpaired) electrons. The maximum absolute atomic E-state index is 11.8. The van der Waals surface area contributed by atoms with E-state index in [1.807, 2.05) is 0 Å². The second-order valence-corrected chi connectivity index (χ2v) is 5.27. The highest BCUT2D eigenvalue weighted by atomic mass is 16.6. The summed E-state index contributed by atoms with van der Waals surface area (Å²) in [5, 5.41) is 13.8. The molecule has 6 nitrogen and oxygen atoms in total. The van der Waals surface area contributed by atoms with Crippen molar-refractivity contribution in [3.63, 3.8) is 0 Å². The lowest BCUT2D eigenvalue weighted by Gasteiger charge is -2.26. The number of nitro benzene ring substituents is 1. The number of nitrogens with two attached hydrogens (primary N) is 1. The van der Waals surface area contributed by atoms with Gasteiger partial charge < -0.3 is 11.1 Å². The zero-order valence-electron chi connectivity index (χ0n) is 11.7. The largest absolute Gasteiger partial charge is 0.350 e. The monoisotopic (exact) mass is 289 g/mol. The molecule has 0 bridgehead atoms. The molecule has 6 heteroatoms. The van der Waals surface area contributed by atoms with Gasteiger partial charge in [-0.2, -0.15) is 0 Å². The van der Waals surface area contributed by atoms with Crippen molar-refractivity contribution in [3.05, 3.63) is 46.0 Å². The van der Waals surface area contributed by atoms with Gasteiger partial charge in [-0.05, 0) is 37.8 Å². The summed E-state index contributed by atoms with van der Waals surface area (Å²) < 4.78 is 0. The number of nitro groups is 1. The summed E-state index contributed by atoms with van der Waals surface area (Å²) >= 11 is 0. The average molecular weight is 289 g/mol. The van der Waals surface area contributed by atoms with Gasteiger partial charge in [0.15, 0.2) is 0 Å². The molecule has 1 aromatic rings. The van der Waals surface area contributed by atoms with Crippen molar-refractivity contribution < 1.29 is 9.72 Å². The van der Waals surface area contributed by atoms with E-state index in [0.717, 1.165) is 25.7 Å². The van der Waals surface area contributed by atoms with Crippen molar-refractivity contribution in [2.75, 3.05) is 0 Å². The van der Waals surface area contributed by atoms with Crippen molar-refractivity contribution in [1.29, 1.82) is 0 Å². The Labute approximate surface area is 123 Å². The van der Waals surface area contributed by atoms with E-state index in [0.29, 0.717) is 5.56 Å². The number of hydrogen-bond acceptors (Lipinski definition) is 4. The Morgan fingerprint density at radius 2 is 1.95 bits per heavy atom. The number of rotatable bonds is 4. The van der Waals surface area contributed by atoms with Gasteiger partial charge >= 0.3 is 0 Å². The zero-order valence-corrected chi connectivity index (χ0v) is 11.7. The van der Waals surface area contributed by atoms with Gasteiger partial charge in [0.2, 0.25) is 5.91 Å². The SMILES string of the molecule is NC1CCC(NC(=O)C=Cc2ccccc2[N+](=O)[O-])CC1. The minimum Gasteiger partial charge on any atom is -0.350 e. The van der Waals surface area contributed by atoms with Crippen LogP contribution in [0.1, 0.15) is 31.2 Å². The molecule has 0 unspecified atom stereocenters. The molecule has 2 rings (SSSR count). The predicted octanol–water partition coefficient (Wildman–Crippen LogP) is 1.99. The van der Waals surface area contributed by atoms with E-state index < -0.39 is 4.92 Å². The molecule has 1 saturated carbocycles. The molecule has 3 N–H and O–H groups in total. The number of nitrogens with one attached hydrogen (secondary N) is 1. The first-order valence-corrected chi connectivity index (χ1v) is 7.04. The quantitative estimate of drug-likeness (QED) is 0.503. The maximum Gasteiger partial charge on any atom is 0.276 e. The van der Waals surface area contributed by atoms with Crippen molar-refractivity contribution in [1.82, 2.24) is 5.32 Å². The topological polar surface area (TPSA) is 98.3 Å². The number of para-hydroxylation sites is 1. The summed E-state index contributed by atoms with van der Waals surface area (Å²) in [6.07, 6.45) is 6.41. The Bertz CT molecular complexity index is 549. The van der Waals surface area contributed by atoms with Gasteiger partial charge in [-0.1, -0.05) is 12.1 Å². The summed E-state index contributed by atoms with van der Waals surface area (Å²) in [5.41, 5.74) is 6.23. The average Bonchev–Trinajstić information content (AvgIpc) is 2.48. The van der Waals surface area contributed by atoms with Crippen LogP contribution in [-0.4, -0.2) is 22.9 Å². The molecule has 1 aromatic carbocycles. The third kappa shape index (κ3) is 4.39. The lowest BCUT2D eigenvalue weighted by molar-refractivity contribution is -0.385. The fourth-order valence-corrected chi connectivity index (χ4v) is 2.47. The Balaban J connectivity index is 1.95. The Kier molecular flexibility index (Phi) is 5.05. The molecular formula is C15H19N3O3. The van der Waals surface area contributed by atoms with E-state index in [1.165, 1.54) is 18.2 Å². The lowest BCUT2D eigenvalue weighted by atomic mass is 9.92. The maximum atomic E-state index is 11.8. The van der Waals surface area contributed by atoms with Crippen molar-refractivity contribution in [2.24, 2.45) is 5.73 Å². The number of benzene rings is 1. The third-order valence-electron chi connectivity index (χ3n) is 3.67. The van der Waals surface area contributed by atoms with Crippen LogP contribution in [0.15, 0.2) is 30.3 Å². The summed E-state index contributed by atoms with van der Waals surface area (Å²) in [5.74, 6) is -0.228. The van der Waals surface area contributed by atoms with E-state index in [-0.39, 0.29) is 23.7 Å². The third-order valence-corrected chi connectivity index (χ3v) is 3.67. The van der Waals surface area contributed by atoms with E-state index in [9.17, 15) is 14.9 Å². The van der Waals surface area contributed by atoms with Crippen LogP contribution in [0.25, 0.3) is 6.08 Å². The summed E-state index contributed by atoms with van der Waals surface area (Å²) in [6.45, 7) is 0. The molecule has 0 heterocycles. The second-order valence-electron chi connectivity index (χ2n) is 5.27. The van der Waals surface area contributed by atoms with E-state index in [2.05, 4.69) is 5.32 Å². The van der Waals surface area contributed by atoms with Crippen molar-refractivity contribution >= 4 is 17.7 Å². The van der Waals surface area contributed by atoms with Crippen LogP contribution < -0.4 is 11.1 Å². The van der Waals surface area contributed by atoms with Gasteiger partial charge in [-0.3, -0.25) is 14.9 Å². The molecular weight excluding hydrogens is 270 g/mol. The molecule has 21 heavy (non-hydrogen) atoms. The minimum absolute atomic E-state index is 0.00908. The smallest absolute Gasteiger partial charge is 0.276 e. The van der Waals surface area contributed by atoms with Gasteiger partial charge in [0.1, 0.15) is 0 Å². The highest BCUT2D eigenvalue weighted by molar-refractivity contribution is 5.92. The number of nitrogens with zero attached hydrogens (tertiary/aromatic N) is 1. The number of amides is 1. The summed E-state index contributed by atoms with van der Waals surface area (Å²) in [4.78, 5) is 22.3. The highest BCUT2D eigenvalue weighted by Crippen LogP contribution is 2.19. The van der Waals surface area contributed by atoms with Crippen LogP contribution in [0.4, 0.5) is 5.69 Å². The molecule has 0 aromatic heterocycles. The van der Waals surface area contributed by atoms with Crippen LogP contribution in [0.2, 0.25) is 0 Å². The molecule has 112 valence electrons. The van der Waals surface area contributed by atoms with Crippen LogP contribution in [0.3, 0.4) is 0 Å². The van der Waals surface area contributed by atoms with Crippen LogP contribution in [0.5, 0.6) is 0 Å². The van der Waals surface area contributed by atoms with Gasteiger partial charge in [-0.25, -0.2) is 0 Å². The number of carbonyl (C=O) groups is 1. The Hall–Kier alpha value is -2.21. The van der Waals surface area contributed by atoms with Gasteiger partial charge in [-0.15, -0.1) is 0 Å². The molecule has 1 amide bonds. The van der Waals surface area contributed by atoms with Gasteiger partial charge in [0.25, 0.3) is 5.69 Å². The van der Waals surface area contributed by atoms with E-state index in [1.54, 1.807) is 18.2 Å². The fourth-order valence-electron chi connectivity index (χ4n) is 2.47. The van der Waals surface area contributed by atoms with E-state index in [4.69, 9.17) is 5.73 Å². The molecule has 0 spiro atoms. The van der Waals surface area contributed by atoms with Crippen LogP contribution >= 0.6 is 0 Å². The first-order valence-electron chi connectivity index (χ1n) is 7.04. The van der Waals surface area contributed by atoms with Crippen LogP contribution in [-0.2, 0) is 4.79 Å². The predicted molar refractivity (Wildman–Crippen MR) is 80.5 cm³/mol. The molecule has 0 atom stereocenters. The van der Waals surface area contributed by atoms with Crippen molar-refractivity contribution in [3.8, 4) is 0 Å². The van der Waals surface area contributed by atoms with Crippen LogP contribution in [0, 0.1) is 10.1 Å². The zero-order chi connectivity index (χ0) is 15.2. The minimum atomic E-state index is -0.458. The van der Waals surface area contributed by atoms with Crippen molar-refractivity contribution in [2.45, 2.75) is 37.8 Å². The first-order chi connectivity index (χ1) is 10.1. The first kappa shape index (κ1) is 15.2. The number of hydrogen-bond donors (Lipinski definition) is 2. The molecule has 1 aliphatic carbocycles. The molecule has 1 aliphatic rings. The summed E-state index contributed by atoms with van der Waals surface area (Å²) in [7, 11) is 0. The number of carbonyl (C=O) groups excluding carboxylic acids is 1. The molecule has 0 aliphatic heterocycles. The van der Waals surface area contributed by atoms with E-state index >= 15 is 0 Å². The highest BCUT2D eigenvalue weighted by Gasteiger charge is 2.19. The standard InChI is InChI=1S/C15H19N3O3/c16-12-6-8-13(9-7-12)17-15(19)10-5-11-3-1-2-4-14(11)18(20)21/h1-5,10,12-13H,6-9,16H2,(H,17,19). The summed E-state index contributed by atoms with van der Waals surface area (Å²) in [6, 6.07) is 6.71. The Morgan fingerprint density at radius 1 is 1.29 bits per heavy atom. The lowest BCUT2D eigenvalue weighted by Crippen LogP contribution is -2.39. The fraction of sp³-hybridized carbons (Fsp3) is 0.400. The normalized spacial score (nSPS) is 22.1.